The number of carbonyl (C=O) groups excluding carboxylic acids is 2. The molecule has 0 spiro atoms. The van der Waals surface area contributed by atoms with Gasteiger partial charge in [0.1, 0.15) is 0 Å². The van der Waals surface area contributed by atoms with E-state index in [1.165, 1.54) is 0 Å². The minimum Gasteiger partial charge on any atom is -0.352 e. The molecule has 1 amide bonds. The largest absolute Gasteiger partial charge is 0.352 e. The van der Waals surface area contributed by atoms with Gasteiger partial charge in [0, 0.05) is 12.0 Å². The second kappa shape index (κ2) is 5.99. The van der Waals surface area contributed by atoms with Crippen LogP contribution in [0.25, 0.3) is 0 Å². The van der Waals surface area contributed by atoms with Crippen LogP contribution in [-0.4, -0.2) is 17.7 Å². The maximum Gasteiger partial charge on any atom is 0.245 e. The summed E-state index contributed by atoms with van der Waals surface area (Å²) in [4.78, 5) is 24.1. The Labute approximate surface area is 108 Å². The van der Waals surface area contributed by atoms with Crippen molar-refractivity contribution in [3.63, 3.8) is 0 Å². The number of Topliss-reactive ketones (excluding diaryl/α,β-unsaturated/α-hetero) is 1. The van der Waals surface area contributed by atoms with E-state index in [1.54, 1.807) is 0 Å². The molecule has 18 heavy (non-hydrogen) atoms. The van der Waals surface area contributed by atoms with Crippen LogP contribution in [0.1, 0.15) is 51.4 Å². The lowest BCUT2D eigenvalue weighted by Crippen LogP contribution is -2.41. The predicted octanol–water partition coefficient (Wildman–Crippen LogP) is 1.94. The van der Waals surface area contributed by atoms with Gasteiger partial charge in [0.25, 0.3) is 0 Å². The molecule has 0 aromatic carbocycles. The molecule has 2 aliphatic carbocycles. The van der Waals surface area contributed by atoms with Gasteiger partial charge in [0.15, 0.2) is 11.7 Å². The monoisotopic (exact) mass is 248 g/mol. The third-order valence-electron chi connectivity index (χ3n) is 4.13. The molecular weight excluding hydrogens is 228 g/mol. The van der Waals surface area contributed by atoms with E-state index in [1.807, 2.05) is 6.07 Å². The molecule has 4 nitrogen and oxygen atoms in total. The van der Waals surface area contributed by atoms with Crippen LogP contribution in [0.5, 0.6) is 0 Å². The molecular formula is C14H20N2O2. The van der Waals surface area contributed by atoms with Gasteiger partial charge in [-0.3, -0.25) is 9.59 Å². The molecule has 2 aliphatic rings. The number of hydrogen-bond acceptors (Lipinski definition) is 3. The lowest BCUT2D eigenvalue weighted by molar-refractivity contribution is -0.134. The van der Waals surface area contributed by atoms with Crippen molar-refractivity contribution >= 4 is 11.7 Å². The lowest BCUT2D eigenvalue weighted by Gasteiger charge is -2.16. The number of rotatable bonds is 4. The quantitative estimate of drug-likeness (QED) is 0.773. The van der Waals surface area contributed by atoms with Crippen LogP contribution in [-0.2, 0) is 9.59 Å². The second-order valence-corrected chi connectivity index (χ2v) is 5.44. The number of nitriles is 1. The first-order valence-electron chi connectivity index (χ1n) is 6.96. The summed E-state index contributed by atoms with van der Waals surface area (Å²) in [7, 11) is 0. The first kappa shape index (κ1) is 13.1. The smallest absolute Gasteiger partial charge is 0.245 e. The Morgan fingerprint density at radius 2 is 1.61 bits per heavy atom. The maximum absolute atomic E-state index is 12.1. The molecule has 0 bridgehead atoms. The summed E-state index contributed by atoms with van der Waals surface area (Å²) in [6.45, 7) is 0. The van der Waals surface area contributed by atoms with E-state index in [4.69, 9.17) is 5.26 Å². The van der Waals surface area contributed by atoms with E-state index in [0.29, 0.717) is 0 Å². The van der Waals surface area contributed by atoms with Crippen LogP contribution in [0.4, 0.5) is 0 Å². The van der Waals surface area contributed by atoms with Crippen molar-refractivity contribution in [2.45, 2.75) is 57.4 Å². The van der Waals surface area contributed by atoms with Crippen molar-refractivity contribution in [2.24, 2.45) is 11.8 Å². The maximum atomic E-state index is 12.1. The molecule has 0 aliphatic heterocycles. The van der Waals surface area contributed by atoms with Crippen LogP contribution in [0.3, 0.4) is 0 Å². The molecule has 0 saturated heterocycles. The van der Waals surface area contributed by atoms with E-state index in [9.17, 15) is 9.59 Å². The van der Waals surface area contributed by atoms with E-state index in [2.05, 4.69) is 5.32 Å². The van der Waals surface area contributed by atoms with Gasteiger partial charge in [-0.15, -0.1) is 0 Å². The third-order valence-corrected chi connectivity index (χ3v) is 4.13. The van der Waals surface area contributed by atoms with E-state index >= 15 is 0 Å². The summed E-state index contributed by atoms with van der Waals surface area (Å²) >= 11 is 0. The van der Waals surface area contributed by atoms with Crippen molar-refractivity contribution in [2.75, 3.05) is 0 Å². The minimum atomic E-state index is -1.09. The predicted molar refractivity (Wildman–Crippen MR) is 66.5 cm³/mol. The van der Waals surface area contributed by atoms with Crippen molar-refractivity contribution in [1.29, 1.82) is 5.26 Å². The molecule has 0 aromatic heterocycles. The van der Waals surface area contributed by atoms with E-state index < -0.39 is 5.92 Å². The zero-order chi connectivity index (χ0) is 13.0. The molecule has 4 heteroatoms. The summed E-state index contributed by atoms with van der Waals surface area (Å²) in [6, 6.07) is 2.06. The molecule has 0 aromatic rings. The van der Waals surface area contributed by atoms with E-state index in [0.717, 1.165) is 51.4 Å². The third kappa shape index (κ3) is 2.90. The fraction of sp³-hybridized carbons (Fsp3) is 0.786. The van der Waals surface area contributed by atoms with Crippen LogP contribution in [0, 0.1) is 23.2 Å². The summed E-state index contributed by atoms with van der Waals surface area (Å²) in [5.74, 6) is -1.69. The Morgan fingerprint density at radius 3 is 2.17 bits per heavy atom. The Morgan fingerprint density at radius 1 is 1.06 bits per heavy atom. The lowest BCUT2D eigenvalue weighted by atomic mass is 9.91. The van der Waals surface area contributed by atoms with Crippen LogP contribution in [0.15, 0.2) is 0 Å². The first-order valence-corrected chi connectivity index (χ1v) is 6.96. The number of hydrogen-bond donors (Lipinski definition) is 1. The molecule has 0 unspecified atom stereocenters. The average Bonchev–Trinajstić information content (AvgIpc) is 3.01. The van der Waals surface area contributed by atoms with Gasteiger partial charge in [-0.05, 0) is 25.7 Å². The van der Waals surface area contributed by atoms with Crippen LogP contribution in [0.2, 0.25) is 0 Å². The van der Waals surface area contributed by atoms with Crippen molar-refractivity contribution in [3.05, 3.63) is 0 Å². The highest BCUT2D eigenvalue weighted by Gasteiger charge is 2.34. The van der Waals surface area contributed by atoms with Gasteiger partial charge in [0.2, 0.25) is 5.91 Å². The second-order valence-electron chi connectivity index (χ2n) is 5.44. The number of nitrogens with one attached hydrogen (secondary N) is 1. The van der Waals surface area contributed by atoms with Crippen LogP contribution >= 0.6 is 0 Å². The molecule has 0 radical (unpaired) electrons. The van der Waals surface area contributed by atoms with E-state index in [-0.39, 0.29) is 23.7 Å². The zero-order valence-corrected chi connectivity index (χ0v) is 10.7. The van der Waals surface area contributed by atoms with Gasteiger partial charge < -0.3 is 5.32 Å². The highest BCUT2D eigenvalue weighted by atomic mass is 16.2. The normalized spacial score (nSPS) is 22.6. The summed E-state index contributed by atoms with van der Waals surface area (Å²) in [5, 5.41) is 11.9. The number of carbonyl (C=O) groups is 2. The van der Waals surface area contributed by atoms with Gasteiger partial charge in [-0.1, -0.05) is 25.7 Å². The number of amides is 1. The van der Waals surface area contributed by atoms with Gasteiger partial charge >= 0.3 is 0 Å². The fourth-order valence-electron chi connectivity index (χ4n) is 3.05. The molecule has 2 rings (SSSR count). The van der Waals surface area contributed by atoms with Crippen molar-refractivity contribution < 1.29 is 9.59 Å². The number of nitrogens with zero attached hydrogens (tertiary/aromatic N) is 1. The van der Waals surface area contributed by atoms with Crippen molar-refractivity contribution in [1.82, 2.24) is 5.32 Å². The first-order chi connectivity index (χ1) is 8.72. The van der Waals surface area contributed by atoms with Gasteiger partial charge in [-0.25, -0.2) is 0 Å². The number of ketones is 1. The molecule has 2 saturated carbocycles. The highest BCUT2D eigenvalue weighted by Crippen LogP contribution is 2.28. The average molecular weight is 248 g/mol. The molecule has 0 heterocycles. The summed E-state index contributed by atoms with van der Waals surface area (Å²) in [5.41, 5.74) is 0. The SMILES string of the molecule is N#C[C@H](C(=O)NC1CCCC1)C(=O)C1CCCC1. The topological polar surface area (TPSA) is 70.0 Å². The standard InChI is InChI=1S/C14H20N2O2/c15-9-12(13(17)10-5-1-2-6-10)14(18)16-11-7-3-4-8-11/h10-12H,1-8H2,(H,16,18)/t12-/m0/s1. The van der Waals surface area contributed by atoms with Gasteiger partial charge in [-0.2, -0.15) is 5.26 Å². The molecule has 1 N–H and O–H groups in total. The highest BCUT2D eigenvalue weighted by molar-refractivity contribution is 6.05. The Bertz CT molecular complexity index is 360. The molecule has 2 fully saturated rings. The Balaban J connectivity index is 1.92. The van der Waals surface area contributed by atoms with Crippen molar-refractivity contribution in [3.8, 4) is 6.07 Å². The molecule has 98 valence electrons. The molecule has 1 atom stereocenters. The zero-order valence-electron chi connectivity index (χ0n) is 10.7. The summed E-state index contributed by atoms with van der Waals surface area (Å²) in [6.07, 6.45) is 7.96. The Hall–Kier alpha value is -1.37. The Kier molecular flexibility index (Phi) is 4.35. The fourth-order valence-corrected chi connectivity index (χ4v) is 3.05. The summed E-state index contributed by atoms with van der Waals surface area (Å²) < 4.78 is 0. The minimum absolute atomic E-state index is 0.0658. The van der Waals surface area contributed by atoms with Gasteiger partial charge in [0.05, 0.1) is 6.07 Å². The van der Waals surface area contributed by atoms with Crippen LogP contribution < -0.4 is 5.32 Å².